The number of fused-ring (bicyclic) bond motifs is 1. The topological polar surface area (TPSA) is 116 Å². The highest BCUT2D eigenvalue weighted by Crippen LogP contribution is 2.23. The molecule has 0 spiro atoms. The Hall–Kier alpha value is -2.10. The zero-order valence-electron chi connectivity index (χ0n) is 14.8. The molecule has 1 heterocycles. The normalized spacial score (nSPS) is 13.4. The molecule has 2 atom stereocenters. The minimum Gasteiger partial charge on any atom is -0.392 e. The molecule has 0 radical (unpaired) electrons. The van der Waals surface area contributed by atoms with E-state index in [4.69, 9.17) is 0 Å². The first-order chi connectivity index (χ1) is 12.4. The van der Waals surface area contributed by atoms with E-state index in [0.717, 1.165) is 11.0 Å². The van der Waals surface area contributed by atoms with Gasteiger partial charge in [-0.2, -0.15) is 0 Å². The number of amides is 2. The van der Waals surface area contributed by atoms with Gasteiger partial charge in [0.1, 0.15) is 6.54 Å². The molecule has 0 saturated carbocycles. The van der Waals surface area contributed by atoms with Gasteiger partial charge >= 0.3 is 0 Å². The van der Waals surface area contributed by atoms with Crippen LogP contribution in [-0.4, -0.2) is 62.6 Å². The number of hydrogen-bond donors (Lipinski definition) is 4. The van der Waals surface area contributed by atoms with Gasteiger partial charge in [-0.1, -0.05) is 23.9 Å². The third kappa shape index (κ3) is 6.01. The average Bonchev–Trinajstić information content (AvgIpc) is 2.94. The predicted molar refractivity (Wildman–Crippen MR) is 99.8 cm³/mol. The van der Waals surface area contributed by atoms with Crippen molar-refractivity contribution >= 4 is 34.6 Å². The van der Waals surface area contributed by atoms with Crippen LogP contribution in [0.3, 0.4) is 0 Å². The molecule has 0 unspecified atom stereocenters. The summed E-state index contributed by atoms with van der Waals surface area (Å²) in [7, 11) is 0. The van der Waals surface area contributed by atoms with Crippen LogP contribution in [0.5, 0.6) is 0 Å². The van der Waals surface area contributed by atoms with Gasteiger partial charge in [-0.05, 0) is 26.0 Å². The second-order valence-electron chi connectivity index (χ2n) is 6.06. The highest BCUT2D eigenvalue weighted by atomic mass is 32.2. The molecule has 0 aliphatic heterocycles. The lowest BCUT2D eigenvalue weighted by Gasteiger charge is -2.11. The van der Waals surface area contributed by atoms with E-state index in [1.807, 2.05) is 24.3 Å². The number of aliphatic hydroxyl groups is 2. The van der Waals surface area contributed by atoms with E-state index in [9.17, 15) is 19.8 Å². The lowest BCUT2D eigenvalue weighted by atomic mass is 10.3. The number of hydrogen-bond acceptors (Lipinski definition) is 6. The molecule has 0 aliphatic rings. The van der Waals surface area contributed by atoms with Crippen molar-refractivity contribution in [1.29, 1.82) is 0 Å². The third-order valence-electron chi connectivity index (χ3n) is 3.44. The number of thioether (sulfide) groups is 1. The molecule has 2 amide bonds. The van der Waals surface area contributed by atoms with Gasteiger partial charge in [-0.3, -0.25) is 9.59 Å². The van der Waals surface area contributed by atoms with Crippen molar-refractivity contribution in [3.8, 4) is 0 Å². The second kappa shape index (κ2) is 9.56. The molecule has 1 aromatic heterocycles. The van der Waals surface area contributed by atoms with Crippen LogP contribution in [0.2, 0.25) is 0 Å². The molecule has 0 fully saturated rings. The Morgan fingerprint density at radius 3 is 2.38 bits per heavy atom. The van der Waals surface area contributed by atoms with Crippen molar-refractivity contribution in [2.75, 3.05) is 18.8 Å². The Balaban J connectivity index is 2.10. The van der Waals surface area contributed by atoms with Gasteiger partial charge in [-0.25, -0.2) is 4.98 Å². The molecule has 142 valence electrons. The lowest BCUT2D eigenvalue weighted by molar-refractivity contribution is -0.122. The van der Waals surface area contributed by atoms with E-state index in [0.29, 0.717) is 5.16 Å². The number of nitrogens with zero attached hydrogens (tertiary/aromatic N) is 2. The number of benzene rings is 1. The molecule has 4 N–H and O–H groups in total. The summed E-state index contributed by atoms with van der Waals surface area (Å²) < 4.78 is 1.75. The number of para-hydroxylation sites is 2. The van der Waals surface area contributed by atoms with Crippen LogP contribution in [0.15, 0.2) is 29.4 Å². The zero-order valence-corrected chi connectivity index (χ0v) is 15.6. The largest absolute Gasteiger partial charge is 0.392 e. The summed E-state index contributed by atoms with van der Waals surface area (Å²) in [4.78, 5) is 28.5. The predicted octanol–water partition coefficient (Wildman–Crippen LogP) is 0.122. The molecular weight excluding hydrogens is 356 g/mol. The summed E-state index contributed by atoms with van der Waals surface area (Å²) in [6.45, 7) is 3.61. The van der Waals surface area contributed by atoms with Crippen molar-refractivity contribution in [2.45, 2.75) is 37.8 Å². The first-order valence-corrected chi connectivity index (χ1v) is 9.33. The first-order valence-electron chi connectivity index (χ1n) is 8.34. The molecular formula is C17H24N4O4S. The van der Waals surface area contributed by atoms with Crippen LogP contribution >= 0.6 is 11.8 Å². The van der Waals surface area contributed by atoms with Gasteiger partial charge in [0.2, 0.25) is 11.8 Å². The van der Waals surface area contributed by atoms with Crippen molar-refractivity contribution < 1.29 is 19.8 Å². The quantitative estimate of drug-likeness (QED) is 0.459. The van der Waals surface area contributed by atoms with Gasteiger partial charge in [-0.15, -0.1) is 0 Å². The van der Waals surface area contributed by atoms with Crippen LogP contribution in [0.25, 0.3) is 11.0 Å². The van der Waals surface area contributed by atoms with Crippen LogP contribution in [0, 0.1) is 0 Å². The Morgan fingerprint density at radius 1 is 1.12 bits per heavy atom. The highest BCUT2D eigenvalue weighted by molar-refractivity contribution is 7.99. The minimum absolute atomic E-state index is 0.0465. The van der Waals surface area contributed by atoms with Crippen LogP contribution in [0.4, 0.5) is 0 Å². The third-order valence-corrected chi connectivity index (χ3v) is 4.42. The van der Waals surface area contributed by atoms with E-state index < -0.39 is 12.2 Å². The maximum Gasteiger partial charge on any atom is 0.240 e. The summed E-state index contributed by atoms with van der Waals surface area (Å²) in [5.41, 5.74) is 1.54. The summed E-state index contributed by atoms with van der Waals surface area (Å²) in [5.74, 6) is -0.326. The van der Waals surface area contributed by atoms with Crippen molar-refractivity contribution in [2.24, 2.45) is 0 Å². The fourth-order valence-electron chi connectivity index (χ4n) is 2.22. The molecule has 0 bridgehead atoms. The van der Waals surface area contributed by atoms with E-state index in [1.165, 1.54) is 11.8 Å². The number of carbonyl (C=O) groups excluding carboxylic acids is 2. The highest BCUT2D eigenvalue weighted by Gasteiger charge is 2.15. The number of nitrogens with one attached hydrogen (secondary N) is 2. The number of carbonyl (C=O) groups is 2. The van der Waals surface area contributed by atoms with Gasteiger partial charge in [0.25, 0.3) is 0 Å². The average molecular weight is 380 g/mol. The van der Waals surface area contributed by atoms with Crippen LogP contribution in [0.1, 0.15) is 13.8 Å². The minimum atomic E-state index is -0.620. The Bertz CT molecular complexity index is 760. The molecule has 2 aromatic rings. The molecule has 2 rings (SSSR count). The van der Waals surface area contributed by atoms with Crippen molar-refractivity contribution in [3.63, 3.8) is 0 Å². The Kier molecular flexibility index (Phi) is 7.43. The summed E-state index contributed by atoms with van der Waals surface area (Å²) >= 11 is 1.23. The van der Waals surface area contributed by atoms with Gasteiger partial charge < -0.3 is 25.4 Å². The van der Waals surface area contributed by atoms with E-state index in [-0.39, 0.29) is 37.2 Å². The lowest BCUT2D eigenvalue weighted by Crippen LogP contribution is -2.33. The maximum absolute atomic E-state index is 12.1. The molecule has 26 heavy (non-hydrogen) atoms. The monoisotopic (exact) mass is 380 g/mol. The van der Waals surface area contributed by atoms with E-state index in [1.54, 1.807) is 18.4 Å². The fraction of sp³-hybridized carbons (Fsp3) is 0.471. The summed E-state index contributed by atoms with van der Waals surface area (Å²) in [5, 5.41) is 24.3. The summed E-state index contributed by atoms with van der Waals surface area (Å²) in [6, 6.07) is 7.42. The first kappa shape index (κ1) is 20.2. The van der Waals surface area contributed by atoms with Crippen molar-refractivity contribution in [3.05, 3.63) is 24.3 Å². The fourth-order valence-corrected chi connectivity index (χ4v) is 3.06. The molecule has 8 nitrogen and oxygen atoms in total. The second-order valence-corrected chi connectivity index (χ2v) is 7.01. The molecule has 1 aromatic carbocycles. The number of aromatic nitrogens is 2. The molecule has 0 aliphatic carbocycles. The van der Waals surface area contributed by atoms with Crippen LogP contribution < -0.4 is 10.6 Å². The SMILES string of the molecule is C[C@H](O)CNC(=O)CSc1nc2ccccc2n1CC(=O)NC[C@@H](C)O. The Morgan fingerprint density at radius 2 is 1.73 bits per heavy atom. The number of imidazole rings is 1. The molecule has 9 heteroatoms. The summed E-state index contributed by atoms with van der Waals surface area (Å²) in [6.07, 6.45) is -1.23. The van der Waals surface area contributed by atoms with Gasteiger partial charge in [0, 0.05) is 13.1 Å². The van der Waals surface area contributed by atoms with Gasteiger partial charge in [0.15, 0.2) is 5.16 Å². The number of aliphatic hydroxyl groups excluding tert-OH is 2. The van der Waals surface area contributed by atoms with Crippen LogP contribution in [-0.2, 0) is 16.1 Å². The van der Waals surface area contributed by atoms with Crippen molar-refractivity contribution in [1.82, 2.24) is 20.2 Å². The zero-order chi connectivity index (χ0) is 19.1. The van der Waals surface area contributed by atoms with E-state index >= 15 is 0 Å². The standard InChI is InChI=1S/C17H24N4O4S/c1-11(22)7-18-15(24)9-21-14-6-4-3-5-13(14)20-17(21)26-10-16(25)19-8-12(2)23/h3-6,11-12,22-23H,7-10H2,1-2H3,(H,18,24)(H,19,25)/t11-,12+/m1/s1. The van der Waals surface area contributed by atoms with Gasteiger partial charge in [0.05, 0.1) is 29.0 Å². The molecule has 0 saturated heterocycles. The number of rotatable bonds is 9. The Labute approximate surface area is 156 Å². The smallest absolute Gasteiger partial charge is 0.240 e. The van der Waals surface area contributed by atoms with E-state index in [2.05, 4.69) is 15.6 Å². The maximum atomic E-state index is 12.1.